The molecule has 4 aromatic rings. The number of benzene rings is 2. The summed E-state index contributed by atoms with van der Waals surface area (Å²) in [6.07, 6.45) is 3.84. The number of rotatable bonds is 6. The van der Waals surface area contributed by atoms with Crippen molar-refractivity contribution in [1.29, 1.82) is 0 Å². The van der Waals surface area contributed by atoms with Crippen molar-refractivity contribution < 1.29 is 31.5 Å². The molecule has 0 spiro atoms. The van der Waals surface area contributed by atoms with Gasteiger partial charge in [0.25, 0.3) is 15.7 Å². The Morgan fingerprint density at radius 1 is 1.03 bits per heavy atom. The van der Waals surface area contributed by atoms with Gasteiger partial charge in [0.2, 0.25) is 5.88 Å². The minimum atomic E-state index is -5.57. The Kier molecular flexibility index (Phi) is 6.41. The topological polar surface area (TPSA) is 123 Å². The van der Waals surface area contributed by atoms with Gasteiger partial charge in [-0.25, -0.2) is 17.8 Å². The molecule has 2 aromatic heterocycles. The number of aromatic hydroxyl groups is 1. The van der Waals surface area contributed by atoms with E-state index in [0.29, 0.717) is 23.4 Å². The predicted octanol–water partition coefficient (Wildman–Crippen LogP) is 3.33. The molecule has 13 heteroatoms. The number of carbonyl (C=O) groups excluding carboxylic acids is 1. The molecule has 0 radical (unpaired) electrons. The molecule has 0 bridgehead atoms. The number of halogens is 3. The second kappa shape index (κ2) is 9.34. The first kappa shape index (κ1) is 24.7. The third-order valence-corrected chi connectivity index (χ3v) is 6.68. The van der Waals surface area contributed by atoms with Gasteiger partial charge in [-0.3, -0.25) is 14.3 Å². The highest BCUT2D eigenvalue weighted by molar-refractivity contribution is 7.92. The summed E-state index contributed by atoms with van der Waals surface area (Å²) >= 11 is 0. The van der Waals surface area contributed by atoms with Crippen molar-refractivity contribution in [3.05, 3.63) is 101 Å². The summed E-state index contributed by atoms with van der Waals surface area (Å²) in [5, 5.41) is 13.0. The fourth-order valence-electron chi connectivity index (χ4n) is 3.41. The van der Waals surface area contributed by atoms with E-state index in [0.717, 1.165) is 27.5 Å². The fraction of sp³-hybridized carbons (Fsp3) is 0.0870. The zero-order valence-corrected chi connectivity index (χ0v) is 19.0. The molecule has 9 nitrogen and oxygen atoms in total. The lowest BCUT2D eigenvalue weighted by atomic mass is 10.1. The molecule has 36 heavy (non-hydrogen) atoms. The maximum atomic E-state index is 13.0. The molecule has 0 unspecified atom stereocenters. The molecule has 0 aliphatic heterocycles. The average molecular weight is 518 g/mol. The molecule has 0 aliphatic carbocycles. The zero-order valence-electron chi connectivity index (χ0n) is 18.2. The van der Waals surface area contributed by atoms with Crippen LogP contribution in [-0.2, 0) is 16.4 Å². The van der Waals surface area contributed by atoms with Gasteiger partial charge >= 0.3 is 11.2 Å². The molecular formula is C23H17F3N4O5S. The summed E-state index contributed by atoms with van der Waals surface area (Å²) < 4.78 is 63.3. The Labute approximate surface area is 202 Å². The Hall–Kier alpha value is -4.39. The third-order valence-electron chi connectivity index (χ3n) is 5.18. The van der Waals surface area contributed by atoms with Crippen LogP contribution in [0.4, 0.5) is 18.9 Å². The second-order valence-corrected chi connectivity index (χ2v) is 9.47. The van der Waals surface area contributed by atoms with Gasteiger partial charge in [-0.05, 0) is 48.0 Å². The number of nitrogens with one attached hydrogen (secondary N) is 1. The van der Waals surface area contributed by atoms with Crippen LogP contribution in [0.3, 0.4) is 0 Å². The van der Waals surface area contributed by atoms with E-state index in [1.54, 1.807) is 30.3 Å². The van der Waals surface area contributed by atoms with Gasteiger partial charge in [-0.2, -0.15) is 13.2 Å². The van der Waals surface area contributed by atoms with Gasteiger partial charge in [0, 0.05) is 18.1 Å². The van der Waals surface area contributed by atoms with E-state index in [9.17, 15) is 36.3 Å². The van der Waals surface area contributed by atoms with E-state index in [4.69, 9.17) is 0 Å². The van der Waals surface area contributed by atoms with E-state index >= 15 is 0 Å². The summed E-state index contributed by atoms with van der Waals surface area (Å²) in [7, 11) is -5.57. The first-order valence-electron chi connectivity index (χ1n) is 10.2. The number of anilines is 1. The van der Waals surface area contributed by atoms with Gasteiger partial charge in [0.05, 0.1) is 28.9 Å². The molecule has 1 amide bonds. The fourth-order valence-corrected chi connectivity index (χ4v) is 4.17. The minimum absolute atomic E-state index is 0.0610. The smallest absolute Gasteiger partial charge is 0.493 e. The van der Waals surface area contributed by atoms with E-state index in [-0.39, 0.29) is 17.8 Å². The lowest BCUT2D eigenvalue weighted by Crippen LogP contribution is -2.25. The molecule has 0 atom stereocenters. The van der Waals surface area contributed by atoms with E-state index < -0.39 is 37.7 Å². The monoisotopic (exact) mass is 518 g/mol. The average Bonchev–Trinajstić information content (AvgIpc) is 3.12. The first-order chi connectivity index (χ1) is 17.0. The zero-order chi connectivity index (χ0) is 26.1. The van der Waals surface area contributed by atoms with Gasteiger partial charge in [0.15, 0.2) is 0 Å². The minimum Gasteiger partial charge on any atom is -0.493 e. The number of hydrogen-bond acceptors (Lipinski definition) is 6. The maximum Gasteiger partial charge on any atom is 0.501 e. The van der Waals surface area contributed by atoms with Crippen molar-refractivity contribution in [2.45, 2.75) is 16.9 Å². The number of para-hydroxylation sites is 1. The van der Waals surface area contributed by atoms with Crippen molar-refractivity contribution >= 4 is 21.4 Å². The van der Waals surface area contributed by atoms with Crippen LogP contribution >= 0.6 is 0 Å². The number of alkyl halides is 3. The first-order valence-corrected chi connectivity index (χ1v) is 11.7. The molecule has 0 fully saturated rings. The van der Waals surface area contributed by atoms with Gasteiger partial charge in [-0.1, -0.05) is 18.2 Å². The molecule has 2 N–H and O–H groups in total. The number of hydrogen-bond donors (Lipinski definition) is 2. The number of sulfone groups is 1. The van der Waals surface area contributed by atoms with Gasteiger partial charge in [-0.15, -0.1) is 0 Å². The number of nitrogens with zero attached hydrogens (tertiary/aromatic N) is 3. The molecule has 2 heterocycles. The lowest BCUT2D eigenvalue weighted by Gasteiger charge is -2.10. The van der Waals surface area contributed by atoms with E-state index in [1.807, 2.05) is 0 Å². The summed E-state index contributed by atoms with van der Waals surface area (Å²) in [5.74, 6) is -1.02. The van der Waals surface area contributed by atoms with Crippen LogP contribution in [0.25, 0.3) is 5.69 Å². The Balaban J connectivity index is 1.63. The quantitative estimate of drug-likeness (QED) is 0.404. The van der Waals surface area contributed by atoms with Crippen LogP contribution in [0.2, 0.25) is 0 Å². The van der Waals surface area contributed by atoms with Crippen molar-refractivity contribution in [2.24, 2.45) is 0 Å². The Morgan fingerprint density at radius 2 is 1.69 bits per heavy atom. The van der Waals surface area contributed by atoms with Crippen LogP contribution in [-0.4, -0.2) is 39.1 Å². The molecule has 4 rings (SSSR count). The predicted molar refractivity (Wildman–Crippen MR) is 123 cm³/mol. The van der Waals surface area contributed by atoms with Crippen molar-refractivity contribution in [3.63, 3.8) is 0 Å². The van der Waals surface area contributed by atoms with Crippen LogP contribution < -0.4 is 11.0 Å². The SMILES string of the molecule is O=C(Nc1ccccc1)c1cnccc1Cn1cc(O)n(-c2ccc(S(=O)(=O)C(F)(F)F)cc2)c1=O. The molecular weight excluding hydrogens is 501 g/mol. The largest absolute Gasteiger partial charge is 0.501 e. The molecule has 2 aromatic carbocycles. The lowest BCUT2D eigenvalue weighted by molar-refractivity contribution is -0.0436. The van der Waals surface area contributed by atoms with Gasteiger partial charge < -0.3 is 10.4 Å². The summed E-state index contributed by atoms with van der Waals surface area (Å²) in [6.45, 7) is -0.139. The number of pyridine rings is 1. The maximum absolute atomic E-state index is 13.0. The third kappa shape index (κ3) is 4.73. The number of carbonyl (C=O) groups is 1. The summed E-state index contributed by atoms with van der Waals surface area (Å²) in [5.41, 5.74) is -5.17. The number of imidazole rings is 1. The van der Waals surface area contributed by atoms with E-state index in [2.05, 4.69) is 10.3 Å². The number of amides is 1. The highest BCUT2D eigenvalue weighted by atomic mass is 32.2. The Bertz CT molecular complexity index is 1580. The van der Waals surface area contributed by atoms with Gasteiger partial charge in [0.1, 0.15) is 0 Å². The van der Waals surface area contributed by atoms with Crippen LogP contribution in [0, 0.1) is 0 Å². The number of aromatic nitrogens is 3. The molecule has 0 aliphatic rings. The molecule has 0 saturated heterocycles. The standard InChI is InChI=1S/C23H17F3N4O5S/c24-23(25,26)36(34,35)18-8-6-17(7-9-18)30-20(31)14-29(22(30)33)13-15-10-11-27-12-19(15)21(32)28-16-4-2-1-3-5-16/h1-12,14,31H,13H2,(H,28,32). The summed E-state index contributed by atoms with van der Waals surface area (Å²) in [6, 6.07) is 13.5. The Morgan fingerprint density at radius 3 is 2.33 bits per heavy atom. The summed E-state index contributed by atoms with van der Waals surface area (Å²) in [4.78, 5) is 28.7. The molecule has 0 saturated carbocycles. The van der Waals surface area contributed by atoms with Crippen molar-refractivity contribution in [2.75, 3.05) is 5.32 Å². The van der Waals surface area contributed by atoms with Crippen molar-refractivity contribution in [1.82, 2.24) is 14.1 Å². The van der Waals surface area contributed by atoms with Crippen molar-refractivity contribution in [3.8, 4) is 11.6 Å². The van der Waals surface area contributed by atoms with Crippen LogP contribution in [0.1, 0.15) is 15.9 Å². The second-order valence-electron chi connectivity index (χ2n) is 7.53. The molecule has 186 valence electrons. The van der Waals surface area contributed by atoms with E-state index in [1.165, 1.54) is 18.5 Å². The highest BCUT2D eigenvalue weighted by Crippen LogP contribution is 2.30. The highest BCUT2D eigenvalue weighted by Gasteiger charge is 2.46. The van der Waals surface area contributed by atoms with Crippen LogP contribution in [0.15, 0.2) is 88.9 Å². The normalized spacial score (nSPS) is 11.9. The van der Waals surface area contributed by atoms with Crippen LogP contribution in [0.5, 0.6) is 5.88 Å².